The molecular weight excluding hydrogens is 258 g/mol. The normalized spacial score (nSPS) is 30.6. The van der Waals surface area contributed by atoms with Gasteiger partial charge in [0, 0.05) is 0 Å². The Labute approximate surface area is 116 Å². The predicted octanol–water partition coefficient (Wildman–Crippen LogP) is 1.73. The Bertz CT molecular complexity index is 574. The highest BCUT2D eigenvalue weighted by Crippen LogP contribution is 2.48. The molecule has 4 atom stereocenters. The minimum atomic E-state index is -0.879. The third-order valence-electron chi connectivity index (χ3n) is 4.28. The van der Waals surface area contributed by atoms with E-state index in [1.807, 2.05) is 31.2 Å². The molecule has 1 amide bonds. The van der Waals surface area contributed by atoms with Crippen molar-refractivity contribution in [1.82, 2.24) is 5.32 Å². The fraction of sp³-hybridized carbons (Fsp3) is 0.467. The molecule has 1 aromatic rings. The van der Waals surface area contributed by atoms with E-state index in [1.54, 1.807) is 0 Å². The minimum Gasteiger partial charge on any atom is -0.481 e. The largest absolute Gasteiger partial charge is 0.481 e. The topological polar surface area (TPSA) is 79.5 Å². The number of allylic oxidation sites excluding steroid dienone is 2. The third-order valence-corrected chi connectivity index (χ3v) is 4.28. The van der Waals surface area contributed by atoms with Crippen LogP contribution in [0.25, 0.3) is 0 Å². The van der Waals surface area contributed by atoms with Crippen molar-refractivity contribution in [3.63, 3.8) is 0 Å². The Morgan fingerprint density at radius 1 is 1.30 bits per heavy atom. The highest BCUT2D eigenvalue weighted by Gasteiger charge is 2.51. The van der Waals surface area contributed by atoms with Gasteiger partial charge < -0.3 is 14.8 Å². The molecule has 5 heteroatoms. The molecular formula is C15H17NO4. The van der Waals surface area contributed by atoms with E-state index in [1.165, 1.54) is 0 Å². The van der Waals surface area contributed by atoms with Gasteiger partial charge in [0.1, 0.15) is 11.5 Å². The van der Waals surface area contributed by atoms with E-state index in [2.05, 4.69) is 5.32 Å². The van der Waals surface area contributed by atoms with Gasteiger partial charge >= 0.3 is 5.97 Å². The predicted molar refractivity (Wildman–Crippen MR) is 70.6 cm³/mol. The van der Waals surface area contributed by atoms with E-state index in [-0.39, 0.29) is 17.7 Å². The van der Waals surface area contributed by atoms with Gasteiger partial charge in [-0.05, 0) is 37.3 Å². The van der Waals surface area contributed by atoms with Crippen LogP contribution in [-0.4, -0.2) is 17.0 Å². The lowest BCUT2D eigenvalue weighted by Gasteiger charge is -2.23. The molecule has 1 heterocycles. The number of aliphatic carboxylic acids is 1. The molecule has 20 heavy (non-hydrogen) atoms. The summed E-state index contributed by atoms with van der Waals surface area (Å²) in [7, 11) is 0. The number of carbonyl (C=O) groups excluding carboxylic acids is 1. The summed E-state index contributed by atoms with van der Waals surface area (Å²) in [6, 6.07) is 3.65. The van der Waals surface area contributed by atoms with Gasteiger partial charge in [0.2, 0.25) is 5.91 Å². The first kappa shape index (κ1) is 13.0. The maximum atomic E-state index is 12.3. The molecule has 0 saturated heterocycles. The lowest BCUT2D eigenvalue weighted by Crippen LogP contribution is -2.39. The Kier molecular flexibility index (Phi) is 3.12. The number of furan rings is 1. The number of hydrogen-bond acceptors (Lipinski definition) is 3. The van der Waals surface area contributed by atoms with Crippen molar-refractivity contribution in [3.05, 3.63) is 35.8 Å². The molecule has 1 aromatic heterocycles. The summed E-state index contributed by atoms with van der Waals surface area (Å²) in [5.74, 6) is -0.596. The fourth-order valence-electron chi connectivity index (χ4n) is 3.39. The molecule has 1 fully saturated rings. The van der Waals surface area contributed by atoms with Crippen LogP contribution in [0, 0.1) is 30.6 Å². The van der Waals surface area contributed by atoms with Crippen LogP contribution in [0.1, 0.15) is 17.9 Å². The van der Waals surface area contributed by atoms with Crippen LogP contribution in [0.15, 0.2) is 28.7 Å². The molecule has 2 aliphatic rings. The van der Waals surface area contributed by atoms with Gasteiger partial charge in [-0.3, -0.25) is 9.59 Å². The molecule has 4 unspecified atom stereocenters. The Hall–Kier alpha value is -2.04. The van der Waals surface area contributed by atoms with Crippen LogP contribution in [0.5, 0.6) is 0 Å². The molecule has 106 valence electrons. The number of nitrogens with one attached hydrogen (secondary N) is 1. The van der Waals surface area contributed by atoms with Crippen molar-refractivity contribution < 1.29 is 19.1 Å². The van der Waals surface area contributed by atoms with Crippen LogP contribution in [0.2, 0.25) is 0 Å². The lowest BCUT2D eigenvalue weighted by atomic mass is 9.82. The van der Waals surface area contributed by atoms with Gasteiger partial charge in [0.15, 0.2) is 0 Å². The Morgan fingerprint density at radius 2 is 2.00 bits per heavy atom. The highest BCUT2D eigenvalue weighted by molar-refractivity contribution is 5.86. The standard InChI is InChI=1S/C15H17NO4/c1-8-2-5-11(20-8)7-16-14(17)12-9-3-4-10(6-9)13(12)15(18)19/h2-5,9-10,12-13H,6-7H2,1H3,(H,16,17)(H,18,19). The molecule has 2 aliphatic carbocycles. The lowest BCUT2D eigenvalue weighted by molar-refractivity contribution is -0.147. The number of hydrogen-bond donors (Lipinski definition) is 2. The van der Waals surface area contributed by atoms with Gasteiger partial charge in [-0.25, -0.2) is 0 Å². The Balaban J connectivity index is 1.67. The summed E-state index contributed by atoms with van der Waals surface area (Å²) < 4.78 is 5.39. The zero-order valence-electron chi connectivity index (χ0n) is 11.2. The van der Waals surface area contributed by atoms with E-state index in [0.29, 0.717) is 12.3 Å². The van der Waals surface area contributed by atoms with E-state index >= 15 is 0 Å². The van der Waals surface area contributed by atoms with Gasteiger partial charge in [0.05, 0.1) is 18.4 Å². The van der Waals surface area contributed by atoms with Crippen LogP contribution in [0.3, 0.4) is 0 Å². The average Bonchev–Trinajstić information content (AvgIpc) is 3.10. The quantitative estimate of drug-likeness (QED) is 0.820. The van der Waals surface area contributed by atoms with Crippen LogP contribution >= 0.6 is 0 Å². The smallest absolute Gasteiger partial charge is 0.307 e. The van der Waals surface area contributed by atoms with Crippen molar-refractivity contribution >= 4 is 11.9 Å². The van der Waals surface area contributed by atoms with E-state index in [4.69, 9.17) is 4.42 Å². The molecule has 0 aliphatic heterocycles. The first-order valence-corrected chi connectivity index (χ1v) is 6.80. The molecule has 5 nitrogen and oxygen atoms in total. The molecule has 0 aromatic carbocycles. The van der Waals surface area contributed by atoms with Gasteiger partial charge in [-0.15, -0.1) is 0 Å². The fourth-order valence-corrected chi connectivity index (χ4v) is 3.39. The molecule has 2 N–H and O–H groups in total. The third kappa shape index (κ3) is 2.13. The molecule has 3 rings (SSSR count). The van der Waals surface area contributed by atoms with Crippen molar-refractivity contribution in [3.8, 4) is 0 Å². The monoisotopic (exact) mass is 275 g/mol. The number of fused-ring (bicyclic) bond motifs is 2. The van der Waals surface area contributed by atoms with Crippen LogP contribution in [0.4, 0.5) is 0 Å². The van der Waals surface area contributed by atoms with E-state index < -0.39 is 17.8 Å². The van der Waals surface area contributed by atoms with Gasteiger partial charge in [0.25, 0.3) is 0 Å². The summed E-state index contributed by atoms with van der Waals surface area (Å²) in [6.45, 7) is 2.14. The average molecular weight is 275 g/mol. The molecule has 1 saturated carbocycles. The molecule has 0 spiro atoms. The number of carboxylic acid groups (broad SMARTS) is 1. The number of rotatable bonds is 4. The maximum Gasteiger partial charge on any atom is 0.307 e. The second-order valence-corrected chi connectivity index (χ2v) is 5.57. The molecule has 0 radical (unpaired) electrons. The van der Waals surface area contributed by atoms with Crippen LogP contribution < -0.4 is 5.32 Å². The second-order valence-electron chi connectivity index (χ2n) is 5.57. The number of amides is 1. The highest BCUT2D eigenvalue weighted by atomic mass is 16.4. The summed E-state index contributed by atoms with van der Waals surface area (Å²) in [4.78, 5) is 23.6. The van der Waals surface area contributed by atoms with Crippen molar-refractivity contribution in [2.24, 2.45) is 23.7 Å². The first-order chi connectivity index (χ1) is 9.56. The zero-order valence-corrected chi connectivity index (χ0v) is 11.2. The van der Waals surface area contributed by atoms with Crippen molar-refractivity contribution in [2.45, 2.75) is 19.9 Å². The number of aryl methyl sites for hydroxylation is 1. The number of carbonyl (C=O) groups is 2. The van der Waals surface area contributed by atoms with E-state index in [0.717, 1.165) is 12.2 Å². The summed E-state index contributed by atoms with van der Waals surface area (Å²) in [5.41, 5.74) is 0. The zero-order chi connectivity index (χ0) is 14.3. The van der Waals surface area contributed by atoms with Gasteiger partial charge in [-0.1, -0.05) is 12.2 Å². The summed E-state index contributed by atoms with van der Waals surface area (Å²) in [6.07, 6.45) is 4.68. The SMILES string of the molecule is Cc1ccc(CNC(=O)C2C3C=CC(C3)C2C(=O)O)o1. The second kappa shape index (κ2) is 4.81. The summed E-state index contributed by atoms with van der Waals surface area (Å²) in [5, 5.41) is 12.1. The first-order valence-electron chi connectivity index (χ1n) is 6.80. The molecule has 2 bridgehead atoms. The van der Waals surface area contributed by atoms with Gasteiger partial charge in [-0.2, -0.15) is 0 Å². The van der Waals surface area contributed by atoms with Crippen molar-refractivity contribution in [1.29, 1.82) is 0 Å². The van der Waals surface area contributed by atoms with E-state index in [9.17, 15) is 14.7 Å². The number of carboxylic acids is 1. The van der Waals surface area contributed by atoms with Crippen molar-refractivity contribution in [2.75, 3.05) is 0 Å². The maximum absolute atomic E-state index is 12.3. The van der Waals surface area contributed by atoms with Crippen LogP contribution in [-0.2, 0) is 16.1 Å². The minimum absolute atomic E-state index is 0.000827. The summed E-state index contributed by atoms with van der Waals surface area (Å²) >= 11 is 0. The Morgan fingerprint density at radius 3 is 2.60 bits per heavy atom.